The number of aromatic nitrogens is 1. The number of carbonyl (C=O) groups is 1. The van der Waals surface area contributed by atoms with Gasteiger partial charge in [0.05, 0.1) is 19.8 Å². The summed E-state index contributed by atoms with van der Waals surface area (Å²) in [6, 6.07) is 7.53. The van der Waals surface area contributed by atoms with Crippen molar-refractivity contribution >= 4 is 11.9 Å². The fourth-order valence-corrected chi connectivity index (χ4v) is 3.49. The Labute approximate surface area is 160 Å². The van der Waals surface area contributed by atoms with Crippen molar-refractivity contribution in [2.24, 2.45) is 0 Å². The number of ketones is 1. The lowest BCUT2D eigenvalue weighted by Crippen LogP contribution is -2.29. The molecule has 1 aliphatic rings. The first-order valence-electron chi connectivity index (χ1n) is 9.19. The van der Waals surface area contributed by atoms with Crippen LogP contribution in [0.2, 0.25) is 0 Å². The van der Waals surface area contributed by atoms with Crippen molar-refractivity contribution in [2.45, 2.75) is 18.8 Å². The molecule has 0 N–H and O–H groups in total. The molecule has 5 nitrogen and oxygen atoms in total. The minimum atomic E-state index is -0.0902. The number of likely N-dealkylation sites (tertiary alicyclic amines) is 1. The van der Waals surface area contributed by atoms with E-state index in [1.165, 1.54) is 0 Å². The molecule has 0 spiro atoms. The van der Waals surface area contributed by atoms with Gasteiger partial charge >= 0.3 is 0 Å². The number of nitrogens with zero attached hydrogens (tertiary/aromatic N) is 2. The minimum absolute atomic E-state index is 0.0902. The Morgan fingerprint density at radius 3 is 2.56 bits per heavy atom. The largest absolute Gasteiger partial charge is 0.496 e. The number of benzene rings is 1. The maximum Gasteiger partial charge on any atom is 0.189 e. The highest BCUT2D eigenvalue weighted by Crippen LogP contribution is 2.38. The molecule has 1 aliphatic heterocycles. The molecule has 0 amide bonds. The van der Waals surface area contributed by atoms with Crippen LogP contribution in [0, 0.1) is 0 Å². The second kappa shape index (κ2) is 8.82. The number of hydrogen-bond donors (Lipinski definition) is 0. The van der Waals surface area contributed by atoms with Gasteiger partial charge in [0, 0.05) is 18.5 Å². The van der Waals surface area contributed by atoms with Crippen LogP contribution in [0.4, 0.5) is 0 Å². The van der Waals surface area contributed by atoms with Crippen LogP contribution in [-0.2, 0) is 0 Å². The molecule has 1 aromatic heterocycles. The van der Waals surface area contributed by atoms with Crippen LogP contribution in [0.1, 0.15) is 40.2 Å². The molecule has 27 heavy (non-hydrogen) atoms. The number of ether oxygens (including phenoxy) is 2. The molecule has 0 aliphatic carbocycles. The van der Waals surface area contributed by atoms with Gasteiger partial charge in [-0.05, 0) is 74.3 Å². The zero-order valence-electron chi connectivity index (χ0n) is 16.1. The zero-order valence-corrected chi connectivity index (χ0v) is 16.1. The van der Waals surface area contributed by atoms with E-state index >= 15 is 0 Å². The van der Waals surface area contributed by atoms with Gasteiger partial charge in [0.15, 0.2) is 5.78 Å². The number of rotatable bonds is 6. The van der Waals surface area contributed by atoms with E-state index in [0.717, 1.165) is 42.8 Å². The van der Waals surface area contributed by atoms with Crippen LogP contribution in [0.5, 0.6) is 11.5 Å². The van der Waals surface area contributed by atoms with E-state index in [-0.39, 0.29) is 5.78 Å². The molecule has 1 saturated heterocycles. The lowest BCUT2D eigenvalue weighted by Gasteiger charge is -2.30. The normalized spacial score (nSPS) is 15.8. The third-order valence-electron chi connectivity index (χ3n) is 5.09. The van der Waals surface area contributed by atoms with Crippen LogP contribution in [-0.4, -0.2) is 50.0 Å². The van der Waals surface area contributed by atoms with E-state index in [2.05, 4.69) is 16.9 Å². The summed E-state index contributed by atoms with van der Waals surface area (Å²) in [5, 5.41) is 0. The molecule has 0 saturated carbocycles. The SMILES string of the molecule is COc1cc(OC)c(C2CCN(C)CC2)cc1C(=O)/C=C/c1cccnc1. The van der Waals surface area contributed by atoms with Crippen molar-refractivity contribution in [3.8, 4) is 11.5 Å². The van der Waals surface area contributed by atoms with Gasteiger partial charge in [-0.1, -0.05) is 6.07 Å². The van der Waals surface area contributed by atoms with Gasteiger partial charge in [0.25, 0.3) is 0 Å². The Balaban J connectivity index is 1.92. The third kappa shape index (κ3) is 4.55. The van der Waals surface area contributed by atoms with E-state index < -0.39 is 0 Å². The van der Waals surface area contributed by atoms with Gasteiger partial charge in [-0.3, -0.25) is 9.78 Å². The molecule has 0 unspecified atom stereocenters. The van der Waals surface area contributed by atoms with E-state index in [9.17, 15) is 4.79 Å². The summed E-state index contributed by atoms with van der Waals surface area (Å²) in [4.78, 5) is 19.2. The molecule has 3 rings (SSSR count). The summed E-state index contributed by atoms with van der Waals surface area (Å²) in [6.07, 6.45) is 8.88. The Bertz CT molecular complexity index is 810. The molecule has 0 radical (unpaired) electrons. The smallest absolute Gasteiger partial charge is 0.189 e. The molecule has 0 bridgehead atoms. The van der Waals surface area contributed by atoms with Crippen LogP contribution in [0.3, 0.4) is 0 Å². The van der Waals surface area contributed by atoms with Crippen LogP contribution in [0.15, 0.2) is 42.7 Å². The van der Waals surface area contributed by atoms with Crippen LogP contribution in [0.25, 0.3) is 6.08 Å². The third-order valence-corrected chi connectivity index (χ3v) is 5.09. The maximum absolute atomic E-state index is 12.8. The molecule has 142 valence electrons. The van der Waals surface area contributed by atoms with Crippen LogP contribution >= 0.6 is 0 Å². The molecule has 2 heterocycles. The Morgan fingerprint density at radius 2 is 1.93 bits per heavy atom. The fraction of sp³-hybridized carbons (Fsp3) is 0.364. The molecule has 0 atom stereocenters. The van der Waals surface area contributed by atoms with Gasteiger partial charge in [0.1, 0.15) is 11.5 Å². The monoisotopic (exact) mass is 366 g/mol. The van der Waals surface area contributed by atoms with Crippen molar-refractivity contribution in [2.75, 3.05) is 34.4 Å². The maximum atomic E-state index is 12.8. The zero-order chi connectivity index (χ0) is 19.2. The molecular formula is C22H26N2O3. The molecule has 2 aromatic rings. The first-order valence-corrected chi connectivity index (χ1v) is 9.19. The number of carbonyl (C=O) groups excluding carboxylic acids is 1. The van der Waals surface area contributed by atoms with Gasteiger partial charge in [-0.15, -0.1) is 0 Å². The first kappa shape index (κ1) is 19.1. The Morgan fingerprint density at radius 1 is 1.19 bits per heavy atom. The lowest BCUT2D eigenvalue weighted by atomic mass is 9.87. The van der Waals surface area contributed by atoms with E-state index in [1.54, 1.807) is 38.8 Å². The minimum Gasteiger partial charge on any atom is -0.496 e. The van der Waals surface area contributed by atoms with Crippen LogP contribution < -0.4 is 9.47 Å². The van der Waals surface area contributed by atoms with Crippen molar-refractivity contribution in [1.29, 1.82) is 0 Å². The second-order valence-corrected chi connectivity index (χ2v) is 6.86. The van der Waals surface area contributed by atoms with Crippen molar-refractivity contribution in [3.63, 3.8) is 0 Å². The highest BCUT2D eigenvalue weighted by Gasteiger charge is 2.24. The fourth-order valence-electron chi connectivity index (χ4n) is 3.49. The highest BCUT2D eigenvalue weighted by atomic mass is 16.5. The quantitative estimate of drug-likeness (QED) is 0.575. The number of allylic oxidation sites excluding steroid dienone is 1. The molecule has 5 heteroatoms. The van der Waals surface area contributed by atoms with Crippen molar-refractivity contribution < 1.29 is 14.3 Å². The predicted molar refractivity (Wildman–Crippen MR) is 107 cm³/mol. The van der Waals surface area contributed by atoms with Gasteiger partial charge < -0.3 is 14.4 Å². The summed E-state index contributed by atoms with van der Waals surface area (Å²) in [5.74, 6) is 1.61. The average molecular weight is 366 g/mol. The van der Waals surface area contributed by atoms with E-state index in [1.807, 2.05) is 24.3 Å². The van der Waals surface area contributed by atoms with Crippen molar-refractivity contribution in [1.82, 2.24) is 9.88 Å². The Hall–Kier alpha value is -2.66. The highest BCUT2D eigenvalue weighted by molar-refractivity contribution is 6.09. The summed E-state index contributed by atoms with van der Waals surface area (Å²) in [7, 11) is 5.38. The summed E-state index contributed by atoms with van der Waals surface area (Å²) in [6.45, 7) is 2.09. The van der Waals surface area contributed by atoms with E-state index in [0.29, 0.717) is 17.2 Å². The number of hydrogen-bond acceptors (Lipinski definition) is 5. The average Bonchev–Trinajstić information content (AvgIpc) is 2.72. The summed E-state index contributed by atoms with van der Waals surface area (Å²) in [5.41, 5.74) is 2.53. The topological polar surface area (TPSA) is 51.7 Å². The summed E-state index contributed by atoms with van der Waals surface area (Å²) < 4.78 is 11.1. The van der Waals surface area contributed by atoms with Gasteiger partial charge in [-0.25, -0.2) is 0 Å². The number of methoxy groups -OCH3 is 2. The Kier molecular flexibility index (Phi) is 6.24. The number of pyridine rings is 1. The lowest BCUT2D eigenvalue weighted by molar-refractivity contribution is 0.104. The molecule has 1 aromatic carbocycles. The van der Waals surface area contributed by atoms with E-state index in [4.69, 9.17) is 9.47 Å². The van der Waals surface area contributed by atoms with Gasteiger partial charge in [-0.2, -0.15) is 0 Å². The first-order chi connectivity index (χ1) is 13.1. The molecule has 1 fully saturated rings. The predicted octanol–water partition coefficient (Wildman–Crippen LogP) is 3.80. The van der Waals surface area contributed by atoms with Gasteiger partial charge in [0.2, 0.25) is 0 Å². The number of piperidine rings is 1. The second-order valence-electron chi connectivity index (χ2n) is 6.86. The summed E-state index contributed by atoms with van der Waals surface area (Å²) >= 11 is 0. The molecular weight excluding hydrogens is 340 g/mol. The standard InChI is InChI=1S/C22H26N2O3/c1-24-11-8-17(9-12-24)18-13-19(22(27-3)14-21(18)26-2)20(25)7-6-16-5-4-10-23-15-16/h4-7,10,13-15,17H,8-9,11-12H2,1-3H3/b7-6+. The van der Waals surface area contributed by atoms with Crippen molar-refractivity contribution in [3.05, 3.63) is 59.4 Å².